The minimum atomic E-state index is 0.293. The number of allylic oxidation sites excluding steroid dienone is 1. The van der Waals surface area contributed by atoms with Gasteiger partial charge in [0, 0.05) is 18.0 Å². The van der Waals surface area contributed by atoms with Crippen molar-refractivity contribution in [3.05, 3.63) is 63.9 Å². The summed E-state index contributed by atoms with van der Waals surface area (Å²) in [7, 11) is 1.77. The second-order valence-corrected chi connectivity index (χ2v) is 6.82. The Morgan fingerprint density at radius 1 is 1.30 bits per heavy atom. The topological polar surface area (TPSA) is 78.1 Å². The Kier molecular flexibility index (Phi) is 6.81. The Hall–Kier alpha value is -2.87. The molecule has 0 fully saturated rings. The fourth-order valence-corrected chi connectivity index (χ4v) is 3.11. The Labute approximate surface area is 162 Å². The largest absolute Gasteiger partial charge is 0.389 e. The van der Waals surface area contributed by atoms with Crippen molar-refractivity contribution in [2.75, 3.05) is 0 Å². The first kappa shape index (κ1) is 18.9. The minimum absolute atomic E-state index is 0.293. The maximum absolute atomic E-state index is 5.57. The van der Waals surface area contributed by atoms with Gasteiger partial charge in [-0.2, -0.15) is 0 Å². The van der Waals surface area contributed by atoms with Crippen molar-refractivity contribution in [3.63, 3.8) is 0 Å². The molecule has 8 heteroatoms. The summed E-state index contributed by atoms with van der Waals surface area (Å²) >= 11 is 1.60. The van der Waals surface area contributed by atoms with Gasteiger partial charge in [-0.3, -0.25) is 0 Å². The lowest BCUT2D eigenvalue weighted by atomic mass is 10.1. The Balaban J connectivity index is 1.68. The summed E-state index contributed by atoms with van der Waals surface area (Å²) in [5, 5.41) is 18.9. The molecule has 2 heterocycles. The van der Waals surface area contributed by atoms with E-state index in [0.29, 0.717) is 18.1 Å². The van der Waals surface area contributed by atoms with E-state index in [2.05, 4.69) is 44.7 Å². The molecule has 140 valence electrons. The van der Waals surface area contributed by atoms with Crippen LogP contribution < -0.4 is 0 Å². The predicted octanol–water partition coefficient (Wildman–Crippen LogP) is 3.84. The number of hydrogen-bond acceptors (Lipinski definition) is 7. The number of rotatable bonds is 9. The molecule has 0 aliphatic heterocycles. The molecule has 0 aliphatic carbocycles. The number of tetrazole rings is 1. The molecular weight excluding hydrogens is 360 g/mol. The molecule has 0 atom stereocenters. The van der Waals surface area contributed by atoms with Gasteiger partial charge in [0.25, 0.3) is 0 Å². The first-order valence-electron chi connectivity index (χ1n) is 8.87. The third kappa shape index (κ3) is 5.30. The van der Waals surface area contributed by atoms with Crippen LogP contribution in [0.15, 0.2) is 46.9 Å². The summed E-state index contributed by atoms with van der Waals surface area (Å²) in [6.45, 7) is 2.48. The summed E-state index contributed by atoms with van der Waals surface area (Å²) in [5.74, 6) is 0.541. The monoisotopic (exact) mass is 382 g/mol. The van der Waals surface area contributed by atoms with Crippen LogP contribution in [0.1, 0.15) is 48.3 Å². The van der Waals surface area contributed by atoms with E-state index >= 15 is 0 Å². The third-order valence-corrected chi connectivity index (χ3v) is 4.66. The molecule has 3 rings (SSSR count). The van der Waals surface area contributed by atoms with Gasteiger partial charge in [-0.25, -0.2) is 9.67 Å². The number of nitrogens with zero attached hydrogens (tertiary/aromatic N) is 6. The summed E-state index contributed by atoms with van der Waals surface area (Å²) in [4.78, 5) is 10.1. The van der Waals surface area contributed by atoms with Crippen LogP contribution in [0.3, 0.4) is 0 Å². The van der Waals surface area contributed by atoms with Crippen LogP contribution >= 0.6 is 11.3 Å². The van der Waals surface area contributed by atoms with Gasteiger partial charge in [-0.05, 0) is 22.9 Å². The van der Waals surface area contributed by atoms with Crippen molar-refractivity contribution < 1.29 is 4.84 Å². The fraction of sp³-hybridized carbons (Fsp3) is 0.316. The van der Waals surface area contributed by atoms with E-state index in [4.69, 9.17) is 4.84 Å². The van der Waals surface area contributed by atoms with Gasteiger partial charge in [0.05, 0.1) is 5.69 Å². The zero-order chi connectivity index (χ0) is 18.9. The second-order valence-electron chi connectivity index (χ2n) is 5.93. The third-order valence-electron chi connectivity index (χ3n) is 3.80. The van der Waals surface area contributed by atoms with Crippen LogP contribution in [0.5, 0.6) is 0 Å². The zero-order valence-electron chi connectivity index (χ0n) is 15.4. The molecule has 27 heavy (non-hydrogen) atoms. The molecule has 0 amide bonds. The molecule has 0 unspecified atom stereocenters. The summed E-state index contributed by atoms with van der Waals surface area (Å²) in [6, 6.07) is 9.71. The van der Waals surface area contributed by atoms with Gasteiger partial charge >= 0.3 is 0 Å². The number of benzene rings is 1. The average Bonchev–Trinajstić information content (AvgIpc) is 3.32. The van der Waals surface area contributed by atoms with Crippen LogP contribution in [0.2, 0.25) is 0 Å². The van der Waals surface area contributed by atoms with E-state index in [1.807, 2.05) is 35.7 Å². The number of aryl methyl sites for hydroxylation is 1. The number of hydrogen-bond donors (Lipinski definition) is 0. The van der Waals surface area contributed by atoms with E-state index in [1.165, 1.54) is 12.8 Å². The smallest absolute Gasteiger partial charge is 0.204 e. The minimum Gasteiger partial charge on any atom is -0.389 e. The normalized spacial score (nSPS) is 12.0. The quantitative estimate of drug-likeness (QED) is 0.319. The average molecular weight is 382 g/mol. The maximum Gasteiger partial charge on any atom is 0.204 e. The maximum atomic E-state index is 5.57. The van der Waals surface area contributed by atoms with Crippen molar-refractivity contribution in [1.29, 1.82) is 0 Å². The molecule has 0 aliphatic rings. The van der Waals surface area contributed by atoms with Crippen LogP contribution in [0.4, 0.5) is 0 Å². The van der Waals surface area contributed by atoms with Gasteiger partial charge in [0.15, 0.2) is 12.3 Å². The van der Waals surface area contributed by atoms with E-state index < -0.39 is 0 Å². The van der Waals surface area contributed by atoms with Crippen molar-refractivity contribution in [2.45, 2.75) is 32.8 Å². The number of aromatic nitrogens is 5. The van der Waals surface area contributed by atoms with Crippen molar-refractivity contribution in [1.82, 2.24) is 25.2 Å². The summed E-state index contributed by atoms with van der Waals surface area (Å²) in [6.07, 6.45) is 7.71. The molecule has 7 nitrogen and oxygen atoms in total. The Morgan fingerprint density at radius 2 is 2.15 bits per heavy atom. The van der Waals surface area contributed by atoms with Gasteiger partial charge in [-0.15, -0.1) is 16.4 Å². The zero-order valence-corrected chi connectivity index (χ0v) is 16.3. The Bertz CT molecular complexity index is 900. The molecule has 0 radical (unpaired) electrons. The highest BCUT2D eigenvalue weighted by molar-refractivity contribution is 7.10. The molecular formula is C19H22N6OS. The highest BCUT2D eigenvalue weighted by Gasteiger charge is 2.14. The first-order chi connectivity index (χ1) is 13.3. The standard InChI is InChI=1S/C19H22N6OS/c1-3-4-5-9-12-17-20-16(14-27-17)13-26-22-18(15-10-7-6-8-11-15)19-21-23-24-25(19)2/h6-12,14H,3-5,13H2,1-2H3/b12-9+,22-18+. The lowest BCUT2D eigenvalue weighted by Crippen LogP contribution is -2.12. The molecule has 0 saturated carbocycles. The summed E-state index contributed by atoms with van der Waals surface area (Å²) in [5.41, 5.74) is 2.31. The number of thiazole rings is 1. The van der Waals surface area contributed by atoms with Crippen LogP contribution in [0, 0.1) is 0 Å². The number of oxime groups is 1. The van der Waals surface area contributed by atoms with Crippen molar-refractivity contribution in [3.8, 4) is 0 Å². The lowest BCUT2D eigenvalue weighted by Gasteiger charge is -2.05. The van der Waals surface area contributed by atoms with Gasteiger partial charge in [0.2, 0.25) is 5.82 Å². The summed E-state index contributed by atoms with van der Waals surface area (Å²) < 4.78 is 1.57. The van der Waals surface area contributed by atoms with E-state index in [1.54, 1.807) is 23.1 Å². The van der Waals surface area contributed by atoms with Gasteiger partial charge in [-0.1, -0.05) is 61.3 Å². The highest BCUT2D eigenvalue weighted by atomic mass is 32.1. The van der Waals surface area contributed by atoms with Crippen LogP contribution in [-0.2, 0) is 18.5 Å². The molecule has 0 spiro atoms. The molecule has 0 bridgehead atoms. The predicted molar refractivity (Wildman–Crippen MR) is 106 cm³/mol. The molecule has 1 aromatic carbocycles. The highest BCUT2D eigenvalue weighted by Crippen LogP contribution is 2.14. The lowest BCUT2D eigenvalue weighted by molar-refractivity contribution is 0.128. The number of unbranched alkanes of at least 4 members (excludes halogenated alkanes) is 2. The SMILES string of the molecule is CCCC/C=C/c1nc(CO/N=C(\c2ccccc2)c2nnnn2C)cs1. The van der Waals surface area contributed by atoms with Crippen LogP contribution in [-0.4, -0.2) is 30.9 Å². The molecule has 0 saturated heterocycles. The first-order valence-corrected chi connectivity index (χ1v) is 9.75. The van der Waals surface area contributed by atoms with Crippen molar-refractivity contribution in [2.24, 2.45) is 12.2 Å². The van der Waals surface area contributed by atoms with Gasteiger partial charge in [0.1, 0.15) is 5.01 Å². The molecule has 0 N–H and O–H groups in total. The molecule has 3 aromatic rings. The molecule has 2 aromatic heterocycles. The van der Waals surface area contributed by atoms with Crippen LogP contribution in [0.25, 0.3) is 6.08 Å². The second kappa shape index (κ2) is 9.72. The Morgan fingerprint density at radius 3 is 2.89 bits per heavy atom. The van der Waals surface area contributed by atoms with E-state index in [9.17, 15) is 0 Å². The van der Waals surface area contributed by atoms with E-state index in [0.717, 1.165) is 22.7 Å². The van der Waals surface area contributed by atoms with Crippen molar-refractivity contribution >= 4 is 23.1 Å². The van der Waals surface area contributed by atoms with E-state index in [-0.39, 0.29) is 0 Å². The van der Waals surface area contributed by atoms with Gasteiger partial charge < -0.3 is 4.84 Å². The fourth-order valence-electron chi connectivity index (χ4n) is 2.38.